The van der Waals surface area contributed by atoms with Gasteiger partial charge in [0.25, 0.3) is 0 Å². The average Bonchev–Trinajstić information content (AvgIpc) is 3.27. The van der Waals surface area contributed by atoms with Crippen LogP contribution in [0.5, 0.6) is 0 Å². The van der Waals surface area contributed by atoms with E-state index < -0.39 is 5.82 Å². The van der Waals surface area contributed by atoms with E-state index in [-0.39, 0.29) is 23.0 Å². The molecule has 1 fully saturated rings. The van der Waals surface area contributed by atoms with E-state index in [0.29, 0.717) is 0 Å². The first-order chi connectivity index (χ1) is 13.7. The molecular weight excluding hydrogens is 393 g/mol. The summed E-state index contributed by atoms with van der Waals surface area (Å²) in [4.78, 5) is 23.5. The molecule has 2 aromatic rings. The maximum atomic E-state index is 13.8. The van der Waals surface area contributed by atoms with E-state index in [1.165, 1.54) is 30.7 Å². The number of anilines is 1. The van der Waals surface area contributed by atoms with Crippen LogP contribution in [0, 0.1) is 5.82 Å². The third-order valence-corrected chi connectivity index (χ3v) is 6.82. The van der Waals surface area contributed by atoms with Crippen LogP contribution in [0.25, 0.3) is 0 Å². The first-order valence-electron chi connectivity index (χ1n) is 9.56. The molecule has 28 heavy (non-hydrogen) atoms. The summed E-state index contributed by atoms with van der Waals surface area (Å²) in [6, 6.07) is 10.3. The average molecular weight is 416 g/mol. The molecule has 146 valence electrons. The van der Waals surface area contributed by atoms with Crippen LogP contribution in [0.15, 0.2) is 51.8 Å². The van der Waals surface area contributed by atoms with Crippen LogP contribution in [-0.4, -0.2) is 28.1 Å². The number of hydrogen-bond donors (Lipinski definition) is 1. The maximum absolute atomic E-state index is 13.8. The number of halogens is 1. The van der Waals surface area contributed by atoms with Gasteiger partial charge in [-0.2, -0.15) is 0 Å². The summed E-state index contributed by atoms with van der Waals surface area (Å²) >= 11 is 3.03. The number of thiophene rings is 1. The number of aliphatic imine (C=N–C) groups is 2. The number of benzene rings is 1. The number of carbonyl (C=O) groups is 1. The summed E-state index contributed by atoms with van der Waals surface area (Å²) in [5, 5.41) is 5.50. The molecule has 1 saturated carbocycles. The Morgan fingerprint density at radius 3 is 2.61 bits per heavy atom. The van der Waals surface area contributed by atoms with Crippen molar-refractivity contribution in [3.05, 3.63) is 52.5 Å². The Morgan fingerprint density at radius 1 is 1.11 bits per heavy atom. The summed E-state index contributed by atoms with van der Waals surface area (Å²) in [6.07, 6.45) is 6.66. The molecule has 0 atom stereocenters. The van der Waals surface area contributed by atoms with Crippen LogP contribution in [0.3, 0.4) is 0 Å². The maximum Gasteiger partial charge on any atom is 0.234 e. The van der Waals surface area contributed by atoms with Gasteiger partial charge in [0.2, 0.25) is 5.91 Å². The zero-order valence-corrected chi connectivity index (χ0v) is 17.1. The molecule has 2 aliphatic rings. The van der Waals surface area contributed by atoms with Crippen molar-refractivity contribution in [2.45, 2.75) is 44.2 Å². The van der Waals surface area contributed by atoms with Crippen molar-refractivity contribution >= 4 is 45.4 Å². The highest BCUT2D eigenvalue weighted by Gasteiger charge is 2.37. The van der Waals surface area contributed by atoms with Crippen LogP contribution in [0.1, 0.15) is 43.4 Å². The van der Waals surface area contributed by atoms with Gasteiger partial charge in [0.15, 0.2) is 5.66 Å². The highest BCUT2D eigenvalue weighted by Crippen LogP contribution is 2.38. The zero-order valence-electron chi connectivity index (χ0n) is 15.5. The van der Waals surface area contributed by atoms with E-state index in [4.69, 9.17) is 9.98 Å². The number of thioether (sulfide) groups is 1. The Hall–Kier alpha value is -1.99. The van der Waals surface area contributed by atoms with Crippen LogP contribution in [0.2, 0.25) is 0 Å². The molecule has 2 heterocycles. The first kappa shape index (κ1) is 19.3. The number of rotatable bonds is 4. The smallest absolute Gasteiger partial charge is 0.234 e. The molecule has 1 aromatic carbocycles. The van der Waals surface area contributed by atoms with E-state index in [1.54, 1.807) is 29.5 Å². The molecule has 1 aromatic heterocycles. The highest BCUT2D eigenvalue weighted by molar-refractivity contribution is 8.16. The Balaban J connectivity index is 1.49. The van der Waals surface area contributed by atoms with E-state index in [0.717, 1.165) is 41.3 Å². The summed E-state index contributed by atoms with van der Waals surface area (Å²) in [7, 11) is 0. The standard InChI is InChI=1S/C21H22FN3OS2/c22-15-8-3-4-9-16(15)23-18(26)14-28-20-19(17-10-7-13-27-17)24-21(25-20)11-5-1-2-6-12-21/h3-4,7-10,13H,1-2,5-6,11-12,14H2,(H,23,26). The second-order valence-electron chi connectivity index (χ2n) is 7.07. The Bertz CT molecular complexity index is 900. The minimum absolute atomic E-state index is 0.174. The molecule has 4 nitrogen and oxygen atoms in total. The SMILES string of the molecule is O=C(CSC1=NC2(CCCCCC2)N=C1c1cccs1)Nc1ccccc1F. The van der Waals surface area contributed by atoms with Gasteiger partial charge in [-0.1, -0.05) is 42.8 Å². The van der Waals surface area contributed by atoms with Gasteiger partial charge in [-0.3, -0.25) is 9.79 Å². The lowest BCUT2D eigenvalue weighted by atomic mass is 10.0. The number of nitrogens with zero attached hydrogens (tertiary/aromatic N) is 2. The van der Waals surface area contributed by atoms with Gasteiger partial charge in [-0.15, -0.1) is 11.3 Å². The Labute approximate surface area is 172 Å². The summed E-state index contributed by atoms with van der Waals surface area (Å²) in [5.41, 5.74) is 0.745. The lowest BCUT2D eigenvalue weighted by Gasteiger charge is -2.20. The molecule has 1 spiro atoms. The number of para-hydroxylation sites is 1. The van der Waals surface area contributed by atoms with Crippen molar-refractivity contribution in [2.24, 2.45) is 9.98 Å². The van der Waals surface area contributed by atoms with E-state index in [1.807, 2.05) is 11.4 Å². The van der Waals surface area contributed by atoms with Gasteiger partial charge in [0.1, 0.15) is 16.6 Å². The normalized spacial score (nSPS) is 18.5. The van der Waals surface area contributed by atoms with E-state index in [9.17, 15) is 9.18 Å². The second-order valence-corrected chi connectivity index (χ2v) is 8.98. The summed E-state index contributed by atoms with van der Waals surface area (Å²) in [6.45, 7) is 0. The van der Waals surface area contributed by atoms with Crippen molar-refractivity contribution in [1.82, 2.24) is 0 Å². The molecule has 7 heteroatoms. The number of hydrogen-bond acceptors (Lipinski definition) is 5. The van der Waals surface area contributed by atoms with Crippen LogP contribution in [0.4, 0.5) is 10.1 Å². The third-order valence-electron chi connectivity index (χ3n) is 4.98. The largest absolute Gasteiger partial charge is 0.323 e. The highest BCUT2D eigenvalue weighted by atomic mass is 32.2. The minimum Gasteiger partial charge on any atom is -0.323 e. The number of nitrogens with one attached hydrogen (secondary N) is 1. The summed E-state index contributed by atoms with van der Waals surface area (Å²) < 4.78 is 13.8. The Morgan fingerprint density at radius 2 is 1.89 bits per heavy atom. The third kappa shape index (κ3) is 4.36. The molecular formula is C21H22FN3OS2. The van der Waals surface area contributed by atoms with Gasteiger partial charge in [-0.05, 0) is 49.3 Å². The van der Waals surface area contributed by atoms with Gasteiger partial charge in [0.05, 0.1) is 16.3 Å². The molecule has 0 unspecified atom stereocenters. The first-order valence-corrected chi connectivity index (χ1v) is 11.4. The van der Waals surface area contributed by atoms with Crippen molar-refractivity contribution < 1.29 is 9.18 Å². The van der Waals surface area contributed by atoms with E-state index in [2.05, 4.69) is 11.4 Å². The van der Waals surface area contributed by atoms with Crippen LogP contribution < -0.4 is 5.32 Å². The van der Waals surface area contributed by atoms with Gasteiger partial charge < -0.3 is 5.32 Å². The van der Waals surface area contributed by atoms with Gasteiger partial charge in [-0.25, -0.2) is 9.38 Å². The van der Waals surface area contributed by atoms with Gasteiger partial charge in [0, 0.05) is 0 Å². The molecule has 1 aliphatic heterocycles. The monoisotopic (exact) mass is 415 g/mol. The fraction of sp³-hybridized carbons (Fsp3) is 0.381. The zero-order chi connectivity index (χ0) is 19.4. The van der Waals surface area contributed by atoms with Crippen molar-refractivity contribution in [1.29, 1.82) is 0 Å². The molecule has 1 amide bonds. The minimum atomic E-state index is -0.433. The summed E-state index contributed by atoms with van der Waals surface area (Å²) in [5.74, 6) is -0.504. The van der Waals surface area contributed by atoms with E-state index >= 15 is 0 Å². The van der Waals surface area contributed by atoms with Crippen LogP contribution in [-0.2, 0) is 4.79 Å². The predicted octanol–water partition coefficient (Wildman–Crippen LogP) is 5.51. The lowest BCUT2D eigenvalue weighted by molar-refractivity contribution is -0.113. The fourth-order valence-corrected chi connectivity index (χ4v) is 5.24. The topological polar surface area (TPSA) is 53.8 Å². The molecule has 4 rings (SSSR count). The molecule has 1 N–H and O–H groups in total. The number of carbonyl (C=O) groups excluding carboxylic acids is 1. The Kier molecular flexibility index (Phi) is 5.92. The fourth-order valence-electron chi connectivity index (χ4n) is 3.60. The molecule has 1 aliphatic carbocycles. The van der Waals surface area contributed by atoms with Crippen molar-refractivity contribution in [3.63, 3.8) is 0 Å². The van der Waals surface area contributed by atoms with Crippen molar-refractivity contribution in [3.8, 4) is 0 Å². The molecule has 0 saturated heterocycles. The second kappa shape index (κ2) is 8.57. The van der Waals surface area contributed by atoms with Crippen molar-refractivity contribution in [2.75, 3.05) is 11.1 Å². The molecule has 0 bridgehead atoms. The van der Waals surface area contributed by atoms with Gasteiger partial charge >= 0.3 is 0 Å². The van der Waals surface area contributed by atoms with Crippen LogP contribution >= 0.6 is 23.1 Å². The lowest BCUT2D eigenvalue weighted by Crippen LogP contribution is -2.20. The predicted molar refractivity (Wildman–Crippen MR) is 116 cm³/mol. The quantitative estimate of drug-likeness (QED) is 0.716. The molecule has 0 radical (unpaired) electrons. The number of amides is 1.